The Morgan fingerprint density at radius 1 is 1.18 bits per heavy atom. The molecule has 0 spiro atoms. The Hall–Kier alpha value is -3.68. The number of aliphatic hydroxyl groups is 1. The molecule has 0 fully saturated rings. The molecule has 0 aliphatic carbocycles. The second-order valence-electron chi connectivity index (χ2n) is 8.07. The molecule has 0 unspecified atom stereocenters. The van der Waals surface area contributed by atoms with E-state index in [-0.39, 0.29) is 40.7 Å². The number of pyridine rings is 1. The van der Waals surface area contributed by atoms with Crippen LogP contribution < -0.4 is 10.1 Å². The monoisotopic (exact) mass is 568 g/mol. The predicted octanol–water partition coefficient (Wildman–Crippen LogP) is 3.79. The number of hydrogen-bond acceptors (Lipinski definition) is 7. The molecule has 2 aromatic heterocycles. The van der Waals surface area contributed by atoms with Crippen molar-refractivity contribution in [2.24, 2.45) is 0 Å². The van der Waals surface area contributed by atoms with Gasteiger partial charge >= 0.3 is 0 Å². The molecule has 4 aromatic rings. The standard InChI is InChI=1S/C24H20ClF3N4O5S/c1-37-24-17(9-13(25)10-30-24)38(35,36)11-12-3-6-16(26)18(19(12)27)14-4-5-15-21(20(14)28)31-32-22(15)23(34)29-7-2-8-33/h3-6,9-10,33H,2,7-8,11H2,1H3,(H,29,34)(H,31,32). The van der Waals surface area contributed by atoms with Gasteiger partial charge < -0.3 is 15.2 Å². The van der Waals surface area contributed by atoms with Crippen molar-refractivity contribution in [1.29, 1.82) is 0 Å². The van der Waals surface area contributed by atoms with Gasteiger partial charge in [-0.05, 0) is 24.6 Å². The fourth-order valence-corrected chi connectivity index (χ4v) is 5.52. The SMILES string of the molecule is COc1ncc(Cl)cc1S(=O)(=O)Cc1ccc(F)c(-c2ccc3c(C(=O)NCCCO)[nH]nc3c2F)c1F. The lowest BCUT2D eigenvalue weighted by Gasteiger charge is -2.13. The van der Waals surface area contributed by atoms with Crippen molar-refractivity contribution in [3.63, 3.8) is 0 Å². The van der Waals surface area contributed by atoms with E-state index in [0.717, 1.165) is 24.3 Å². The molecule has 0 atom stereocenters. The van der Waals surface area contributed by atoms with Gasteiger partial charge in [0.15, 0.2) is 15.7 Å². The van der Waals surface area contributed by atoms with Crippen molar-refractivity contribution >= 4 is 38.2 Å². The number of carbonyl (C=O) groups excluding carboxylic acids is 1. The molecule has 0 saturated heterocycles. The molecular weight excluding hydrogens is 549 g/mol. The maximum absolute atomic E-state index is 15.6. The lowest BCUT2D eigenvalue weighted by Crippen LogP contribution is -2.25. The van der Waals surface area contributed by atoms with Gasteiger partial charge in [-0.2, -0.15) is 5.10 Å². The third kappa shape index (κ3) is 5.17. The molecule has 0 radical (unpaired) electrons. The number of H-pyrrole nitrogens is 1. The van der Waals surface area contributed by atoms with Crippen molar-refractivity contribution in [2.45, 2.75) is 17.1 Å². The van der Waals surface area contributed by atoms with Crippen LogP contribution in [0.1, 0.15) is 22.5 Å². The lowest BCUT2D eigenvalue weighted by atomic mass is 9.99. The van der Waals surface area contributed by atoms with Crippen LogP contribution in [0, 0.1) is 17.5 Å². The largest absolute Gasteiger partial charge is 0.480 e. The highest BCUT2D eigenvalue weighted by molar-refractivity contribution is 7.90. The number of aliphatic hydroxyl groups excluding tert-OH is 1. The topological polar surface area (TPSA) is 134 Å². The first kappa shape index (κ1) is 27.4. The van der Waals surface area contributed by atoms with E-state index < -0.39 is 60.5 Å². The molecule has 200 valence electrons. The number of amides is 1. The number of halogens is 4. The summed E-state index contributed by atoms with van der Waals surface area (Å²) in [6.45, 7) is 0.0304. The Kier molecular flexibility index (Phi) is 7.90. The van der Waals surface area contributed by atoms with E-state index in [1.165, 1.54) is 19.4 Å². The molecule has 14 heteroatoms. The molecular formula is C24H20ClF3N4O5S. The Labute approximate surface area is 219 Å². The fraction of sp³-hybridized carbons (Fsp3) is 0.208. The van der Waals surface area contributed by atoms with Gasteiger partial charge in [0.1, 0.15) is 27.7 Å². The van der Waals surface area contributed by atoms with E-state index >= 15 is 8.78 Å². The van der Waals surface area contributed by atoms with Gasteiger partial charge in [-0.3, -0.25) is 9.89 Å². The summed E-state index contributed by atoms with van der Waals surface area (Å²) in [6, 6.07) is 5.19. The van der Waals surface area contributed by atoms with Gasteiger partial charge in [0, 0.05) is 35.9 Å². The van der Waals surface area contributed by atoms with Crippen molar-refractivity contribution in [2.75, 3.05) is 20.3 Å². The molecule has 3 N–H and O–H groups in total. The first-order valence-corrected chi connectivity index (χ1v) is 13.1. The van der Waals surface area contributed by atoms with Gasteiger partial charge in [0.25, 0.3) is 5.91 Å². The molecule has 0 bridgehead atoms. The predicted molar refractivity (Wildman–Crippen MR) is 132 cm³/mol. The van der Waals surface area contributed by atoms with Gasteiger partial charge in [-0.1, -0.05) is 23.7 Å². The van der Waals surface area contributed by atoms with E-state index in [9.17, 15) is 17.6 Å². The van der Waals surface area contributed by atoms with Crippen LogP contribution >= 0.6 is 11.6 Å². The summed E-state index contributed by atoms with van der Waals surface area (Å²) in [6.07, 6.45) is 1.48. The molecule has 9 nitrogen and oxygen atoms in total. The zero-order valence-corrected chi connectivity index (χ0v) is 21.3. The van der Waals surface area contributed by atoms with E-state index in [2.05, 4.69) is 20.5 Å². The highest BCUT2D eigenvalue weighted by Crippen LogP contribution is 2.35. The molecule has 0 aliphatic heterocycles. The Balaban J connectivity index is 1.75. The summed E-state index contributed by atoms with van der Waals surface area (Å²) < 4.78 is 76.9. The van der Waals surface area contributed by atoms with Crippen molar-refractivity contribution < 1.29 is 36.2 Å². The number of benzene rings is 2. The second kappa shape index (κ2) is 11.0. The number of hydrogen-bond donors (Lipinski definition) is 3. The number of carbonyl (C=O) groups is 1. The summed E-state index contributed by atoms with van der Waals surface area (Å²) in [5, 5.41) is 17.6. The smallest absolute Gasteiger partial charge is 0.269 e. The lowest BCUT2D eigenvalue weighted by molar-refractivity contribution is 0.0947. The Morgan fingerprint density at radius 2 is 1.95 bits per heavy atom. The maximum Gasteiger partial charge on any atom is 0.269 e. The first-order valence-electron chi connectivity index (χ1n) is 11.0. The van der Waals surface area contributed by atoms with Crippen LogP contribution in [-0.4, -0.2) is 54.9 Å². The normalized spacial score (nSPS) is 11.6. The van der Waals surface area contributed by atoms with E-state index in [4.69, 9.17) is 21.4 Å². The number of methoxy groups -OCH3 is 1. The maximum atomic E-state index is 15.6. The average Bonchev–Trinajstić information content (AvgIpc) is 3.32. The molecule has 1 amide bonds. The second-order valence-corrected chi connectivity index (χ2v) is 10.5. The van der Waals surface area contributed by atoms with Gasteiger partial charge in [0.2, 0.25) is 5.88 Å². The summed E-state index contributed by atoms with van der Waals surface area (Å²) in [7, 11) is -3.08. The third-order valence-electron chi connectivity index (χ3n) is 5.61. The molecule has 4 rings (SSSR count). The number of fused-ring (bicyclic) bond motifs is 1. The van der Waals surface area contributed by atoms with Crippen LogP contribution in [0.25, 0.3) is 22.0 Å². The van der Waals surface area contributed by atoms with Crippen molar-refractivity contribution in [3.8, 4) is 17.0 Å². The highest BCUT2D eigenvalue weighted by atomic mass is 35.5. The fourth-order valence-electron chi connectivity index (χ4n) is 3.80. The van der Waals surface area contributed by atoms with Crippen LogP contribution in [0.15, 0.2) is 41.4 Å². The minimum absolute atomic E-state index is 0.000431. The highest BCUT2D eigenvalue weighted by Gasteiger charge is 2.27. The summed E-state index contributed by atoms with van der Waals surface area (Å²) >= 11 is 5.87. The molecule has 0 aliphatic rings. The van der Waals surface area contributed by atoms with E-state index in [1.807, 2.05) is 0 Å². The molecule has 2 heterocycles. The van der Waals surface area contributed by atoms with Crippen molar-refractivity contribution in [3.05, 3.63) is 70.3 Å². The number of ether oxygens (including phenoxy) is 1. The zero-order chi connectivity index (χ0) is 27.6. The number of sulfone groups is 1. The quantitative estimate of drug-likeness (QED) is 0.262. The van der Waals surface area contributed by atoms with Crippen LogP contribution in [0.3, 0.4) is 0 Å². The molecule has 38 heavy (non-hydrogen) atoms. The number of nitrogens with zero attached hydrogens (tertiary/aromatic N) is 2. The minimum atomic E-state index is -4.28. The van der Waals surface area contributed by atoms with Crippen LogP contribution in [0.2, 0.25) is 5.02 Å². The van der Waals surface area contributed by atoms with E-state index in [1.54, 1.807) is 0 Å². The number of nitrogens with one attached hydrogen (secondary N) is 2. The average molecular weight is 569 g/mol. The van der Waals surface area contributed by atoms with E-state index in [0.29, 0.717) is 6.42 Å². The van der Waals surface area contributed by atoms with Crippen LogP contribution in [0.4, 0.5) is 13.2 Å². The minimum Gasteiger partial charge on any atom is -0.480 e. The Bertz CT molecular complexity index is 1650. The van der Waals surface area contributed by atoms with Crippen molar-refractivity contribution in [1.82, 2.24) is 20.5 Å². The van der Waals surface area contributed by atoms with Gasteiger partial charge in [-0.15, -0.1) is 0 Å². The molecule has 0 saturated carbocycles. The summed E-state index contributed by atoms with van der Waals surface area (Å²) in [5.41, 5.74) is -2.18. The van der Waals surface area contributed by atoms with Gasteiger partial charge in [0.05, 0.1) is 23.4 Å². The van der Waals surface area contributed by atoms with Gasteiger partial charge in [-0.25, -0.2) is 26.6 Å². The number of aromatic amines is 1. The first-order chi connectivity index (χ1) is 18.1. The number of rotatable bonds is 9. The Morgan fingerprint density at radius 3 is 2.66 bits per heavy atom. The molecule has 2 aromatic carbocycles. The summed E-state index contributed by atoms with van der Waals surface area (Å²) in [4.78, 5) is 15.7. The third-order valence-corrected chi connectivity index (χ3v) is 7.47. The zero-order valence-electron chi connectivity index (χ0n) is 19.7. The van der Waals surface area contributed by atoms with Crippen LogP contribution in [0.5, 0.6) is 5.88 Å². The number of aromatic nitrogens is 3. The summed E-state index contributed by atoms with van der Waals surface area (Å²) in [5.74, 6) is -5.34. The van der Waals surface area contributed by atoms with Crippen LogP contribution in [-0.2, 0) is 15.6 Å².